The molecule has 3 saturated heterocycles. The van der Waals surface area contributed by atoms with Gasteiger partial charge >= 0.3 is 13.1 Å². The highest BCUT2D eigenvalue weighted by atomic mass is 16.5. The number of imide groups is 1. The number of allylic oxidation sites excluding steroid dienone is 1. The van der Waals surface area contributed by atoms with Crippen molar-refractivity contribution in [2.45, 2.75) is 38.8 Å². The molecule has 0 bridgehead atoms. The molecular formula is C46H51BN6O7. The Morgan fingerprint density at radius 1 is 0.783 bits per heavy atom. The van der Waals surface area contributed by atoms with Crippen molar-refractivity contribution in [3.05, 3.63) is 125 Å². The van der Waals surface area contributed by atoms with Crippen molar-refractivity contribution in [1.82, 2.24) is 24.9 Å². The molecule has 4 aliphatic rings. The molecule has 0 saturated carbocycles. The number of fused-ring (bicyclic) bond motifs is 1. The van der Waals surface area contributed by atoms with Gasteiger partial charge in [0.2, 0.25) is 11.8 Å². The third-order valence-electron chi connectivity index (χ3n) is 12.2. The summed E-state index contributed by atoms with van der Waals surface area (Å²) in [6, 6.07) is 31.1. The minimum Gasteiger partial charge on any atom is -0.492 e. The number of carbonyl (C=O) groups excluding carboxylic acids is 4. The second-order valence-electron chi connectivity index (χ2n) is 15.8. The molecular weight excluding hydrogens is 759 g/mol. The molecule has 13 nitrogen and oxygen atoms in total. The number of carbonyl (C=O) groups is 4. The molecule has 60 heavy (non-hydrogen) atoms. The van der Waals surface area contributed by atoms with Crippen LogP contribution >= 0.6 is 0 Å². The molecule has 1 atom stereocenters. The van der Waals surface area contributed by atoms with Gasteiger partial charge in [-0.25, -0.2) is 4.79 Å². The van der Waals surface area contributed by atoms with Gasteiger partial charge in [0, 0.05) is 83.1 Å². The first kappa shape index (κ1) is 40.8. The van der Waals surface area contributed by atoms with Gasteiger partial charge in [-0.2, -0.15) is 0 Å². The smallest absolute Gasteiger partial charge is 0.488 e. The van der Waals surface area contributed by atoms with Gasteiger partial charge in [-0.05, 0) is 82.0 Å². The van der Waals surface area contributed by atoms with Crippen molar-refractivity contribution in [2.75, 3.05) is 70.4 Å². The summed E-state index contributed by atoms with van der Waals surface area (Å²) in [7, 11) is -1.52. The first-order valence-electron chi connectivity index (χ1n) is 20.9. The zero-order chi connectivity index (χ0) is 41.8. The molecule has 3 N–H and O–H groups in total. The summed E-state index contributed by atoms with van der Waals surface area (Å²) < 4.78 is 6.20. The number of rotatable bonds is 11. The Balaban J connectivity index is 0.801. The third-order valence-corrected chi connectivity index (χ3v) is 12.2. The second-order valence-corrected chi connectivity index (χ2v) is 15.8. The van der Waals surface area contributed by atoms with Gasteiger partial charge in [-0.15, -0.1) is 0 Å². The predicted molar refractivity (Wildman–Crippen MR) is 231 cm³/mol. The highest BCUT2D eigenvalue weighted by Gasteiger charge is 2.39. The molecule has 5 amide bonds. The van der Waals surface area contributed by atoms with E-state index in [9.17, 15) is 29.2 Å². The van der Waals surface area contributed by atoms with E-state index in [4.69, 9.17) is 4.74 Å². The maximum Gasteiger partial charge on any atom is 0.488 e. The summed E-state index contributed by atoms with van der Waals surface area (Å²) in [5, 5.41) is 21.7. The Labute approximate surface area is 351 Å². The fraction of sp³-hybridized carbons (Fsp3) is 0.348. The number of piperidine rings is 1. The van der Waals surface area contributed by atoms with E-state index < -0.39 is 19.1 Å². The van der Waals surface area contributed by atoms with Crippen LogP contribution in [0.15, 0.2) is 97.1 Å². The van der Waals surface area contributed by atoms with Crippen molar-refractivity contribution >= 4 is 53.2 Å². The molecule has 3 fully saturated rings. The first-order valence-corrected chi connectivity index (χ1v) is 20.9. The molecule has 4 aromatic carbocycles. The number of hydrogen-bond acceptors (Lipinski definition) is 9. The molecule has 0 aromatic heterocycles. The molecule has 310 valence electrons. The highest BCUT2D eigenvalue weighted by Crippen LogP contribution is 2.35. The van der Waals surface area contributed by atoms with Crippen molar-refractivity contribution in [3.63, 3.8) is 0 Å². The summed E-state index contributed by atoms with van der Waals surface area (Å²) in [6.07, 6.45) is 1.37. The van der Waals surface area contributed by atoms with Gasteiger partial charge in [0.05, 0.1) is 0 Å². The van der Waals surface area contributed by atoms with Crippen molar-refractivity contribution in [3.8, 4) is 5.75 Å². The van der Waals surface area contributed by atoms with Gasteiger partial charge in [0.1, 0.15) is 18.4 Å². The van der Waals surface area contributed by atoms with Crippen LogP contribution in [0.4, 0.5) is 10.5 Å². The van der Waals surface area contributed by atoms with E-state index >= 15 is 0 Å². The van der Waals surface area contributed by atoms with E-state index in [0.29, 0.717) is 69.9 Å². The SMILES string of the molecule is CC/C(=C(\c1ccc(OCCN2CCN(C(=O)N3CCN(c4ccc5c(c4)CN([C@H]4CCC(=O)NC4=O)C5=O)CC3)CC2)cc1)c1ccc(B(O)O)cc1)c1ccccc1. The summed E-state index contributed by atoms with van der Waals surface area (Å²) in [5.74, 6) is -0.113. The normalized spacial score (nSPS) is 18.9. The summed E-state index contributed by atoms with van der Waals surface area (Å²) >= 11 is 0. The van der Waals surface area contributed by atoms with Crippen LogP contribution in [0, 0.1) is 0 Å². The van der Waals surface area contributed by atoms with E-state index in [-0.39, 0.29) is 24.3 Å². The quantitative estimate of drug-likeness (QED) is 0.118. The molecule has 8 rings (SSSR count). The minimum atomic E-state index is -1.52. The Kier molecular flexibility index (Phi) is 12.3. The lowest BCUT2D eigenvalue weighted by Gasteiger charge is -2.41. The van der Waals surface area contributed by atoms with Crippen molar-refractivity contribution in [2.24, 2.45) is 0 Å². The zero-order valence-corrected chi connectivity index (χ0v) is 34.0. The van der Waals surface area contributed by atoms with Gasteiger partial charge in [-0.3, -0.25) is 24.6 Å². The molecule has 14 heteroatoms. The Morgan fingerprint density at radius 2 is 1.43 bits per heavy atom. The second kappa shape index (κ2) is 18.1. The van der Waals surface area contributed by atoms with Gasteiger partial charge < -0.3 is 34.4 Å². The number of benzene rings is 4. The Bertz CT molecular complexity index is 2240. The van der Waals surface area contributed by atoms with Crippen LogP contribution < -0.4 is 20.4 Å². The van der Waals surface area contributed by atoms with Crippen LogP contribution in [0.3, 0.4) is 0 Å². The molecule has 0 unspecified atom stereocenters. The van der Waals surface area contributed by atoms with Gasteiger partial charge in [0.25, 0.3) is 5.91 Å². The van der Waals surface area contributed by atoms with Crippen LogP contribution in [0.5, 0.6) is 5.75 Å². The Hall–Kier alpha value is -5.96. The molecule has 4 heterocycles. The fourth-order valence-corrected chi connectivity index (χ4v) is 8.79. The number of hydrogen-bond donors (Lipinski definition) is 3. The maximum absolute atomic E-state index is 13.5. The number of amides is 5. The van der Waals surface area contributed by atoms with E-state index in [1.54, 1.807) is 17.0 Å². The van der Waals surface area contributed by atoms with Crippen LogP contribution in [0.25, 0.3) is 11.1 Å². The molecule has 0 spiro atoms. The number of anilines is 1. The largest absolute Gasteiger partial charge is 0.492 e. The fourth-order valence-electron chi connectivity index (χ4n) is 8.79. The van der Waals surface area contributed by atoms with Crippen molar-refractivity contribution in [1.29, 1.82) is 0 Å². The third kappa shape index (κ3) is 8.81. The topological polar surface area (TPSA) is 146 Å². The molecule has 4 aromatic rings. The lowest BCUT2D eigenvalue weighted by molar-refractivity contribution is -0.136. The zero-order valence-electron chi connectivity index (χ0n) is 34.0. The van der Waals surface area contributed by atoms with Crippen LogP contribution in [0.2, 0.25) is 0 Å². The number of ether oxygens (including phenoxy) is 1. The lowest BCUT2D eigenvalue weighted by Crippen LogP contribution is -2.57. The number of nitrogens with zero attached hydrogens (tertiary/aromatic N) is 5. The molecule has 0 radical (unpaired) electrons. The highest BCUT2D eigenvalue weighted by molar-refractivity contribution is 6.58. The lowest BCUT2D eigenvalue weighted by atomic mass is 9.79. The standard InChI is InChI=1S/C46H51BN6O7/c1-2-39(32-6-4-3-5-7-32)43(33-8-12-36(13-9-33)47(58)59)34-10-15-38(16-11-34)60-29-28-49-20-22-51(23-21-49)46(57)52-26-24-50(25-27-52)37-14-17-40-35(30-37)31-53(45(40)56)41-18-19-42(54)48-44(41)55/h3-17,30,41,58-59H,2,18-29,31H2,1H3,(H,48,54,55)/b43-39+/t41-/m0/s1. The summed E-state index contributed by atoms with van der Waals surface area (Å²) in [4.78, 5) is 60.8. The average molecular weight is 811 g/mol. The van der Waals surface area contributed by atoms with Crippen LogP contribution in [0.1, 0.15) is 58.8 Å². The van der Waals surface area contributed by atoms with E-state index in [1.165, 1.54) is 5.57 Å². The monoisotopic (exact) mass is 810 g/mol. The first-order chi connectivity index (χ1) is 29.2. The van der Waals surface area contributed by atoms with E-state index in [1.807, 2.05) is 70.5 Å². The maximum atomic E-state index is 13.5. The van der Waals surface area contributed by atoms with Gasteiger partial charge in [-0.1, -0.05) is 73.7 Å². The van der Waals surface area contributed by atoms with Gasteiger partial charge in [0.15, 0.2) is 0 Å². The van der Waals surface area contributed by atoms with E-state index in [2.05, 4.69) is 46.3 Å². The van der Waals surface area contributed by atoms with Crippen molar-refractivity contribution < 1.29 is 34.0 Å². The average Bonchev–Trinajstić information content (AvgIpc) is 3.60. The summed E-state index contributed by atoms with van der Waals surface area (Å²) in [5.41, 5.74) is 8.36. The predicted octanol–water partition coefficient (Wildman–Crippen LogP) is 3.44. The Morgan fingerprint density at radius 3 is 2.07 bits per heavy atom. The number of urea groups is 1. The van der Waals surface area contributed by atoms with Crippen LogP contribution in [-0.4, -0.2) is 132 Å². The van der Waals surface area contributed by atoms with Crippen LogP contribution in [-0.2, 0) is 16.1 Å². The molecule has 0 aliphatic carbocycles. The molecule has 4 aliphatic heterocycles. The number of nitrogens with one attached hydrogen (secondary N) is 1. The summed E-state index contributed by atoms with van der Waals surface area (Å²) in [6.45, 7) is 9.20. The minimum absolute atomic E-state index is 0.0684. The van der Waals surface area contributed by atoms with E-state index in [0.717, 1.165) is 65.3 Å². The number of piperazine rings is 2.